The van der Waals surface area contributed by atoms with Gasteiger partial charge in [-0.05, 0) is 42.5 Å². The van der Waals surface area contributed by atoms with Gasteiger partial charge in [0.15, 0.2) is 11.5 Å². The first kappa shape index (κ1) is 14.9. The molecule has 0 bridgehead atoms. The summed E-state index contributed by atoms with van der Waals surface area (Å²) in [5.74, 6) is 1.93. The molecule has 2 N–H and O–H groups in total. The fraction of sp³-hybridized carbons (Fsp3) is 0.375. The molecule has 0 spiro atoms. The summed E-state index contributed by atoms with van der Waals surface area (Å²) in [6.07, 6.45) is 0.916. The van der Waals surface area contributed by atoms with Crippen LogP contribution in [0.4, 0.5) is 0 Å². The second-order valence-electron chi connectivity index (χ2n) is 4.57. The second-order valence-corrected chi connectivity index (χ2v) is 5.55. The van der Waals surface area contributed by atoms with Crippen LogP contribution in [0.5, 0.6) is 11.5 Å². The van der Waals surface area contributed by atoms with Crippen LogP contribution in [0.2, 0.25) is 0 Å². The number of thiophene rings is 1. The Morgan fingerprint density at radius 1 is 1.25 bits per heavy atom. The number of hydrogen-bond donors (Lipinski definition) is 1. The van der Waals surface area contributed by atoms with Gasteiger partial charge in [0.25, 0.3) is 0 Å². The molecule has 20 heavy (non-hydrogen) atoms. The number of hydrogen-bond acceptors (Lipinski definition) is 4. The lowest BCUT2D eigenvalue weighted by atomic mass is 9.97. The van der Waals surface area contributed by atoms with Crippen LogP contribution in [0.3, 0.4) is 0 Å². The molecule has 1 aromatic heterocycles. The fourth-order valence-corrected chi connectivity index (χ4v) is 3.07. The Labute approximate surface area is 124 Å². The lowest BCUT2D eigenvalue weighted by Gasteiger charge is -2.15. The van der Waals surface area contributed by atoms with Crippen molar-refractivity contribution in [1.29, 1.82) is 0 Å². The molecule has 0 aliphatic carbocycles. The fourth-order valence-electron chi connectivity index (χ4n) is 2.22. The Hall–Kier alpha value is -1.52. The predicted molar refractivity (Wildman–Crippen MR) is 84.0 cm³/mol. The summed E-state index contributed by atoms with van der Waals surface area (Å²) < 4.78 is 10.9. The van der Waals surface area contributed by atoms with Gasteiger partial charge in [-0.25, -0.2) is 0 Å². The highest BCUT2D eigenvalue weighted by molar-refractivity contribution is 7.10. The lowest BCUT2D eigenvalue weighted by Crippen LogP contribution is -2.14. The molecule has 1 heterocycles. The zero-order valence-corrected chi connectivity index (χ0v) is 12.8. The molecule has 2 aromatic rings. The van der Waals surface area contributed by atoms with Crippen LogP contribution in [0, 0.1) is 0 Å². The van der Waals surface area contributed by atoms with E-state index in [2.05, 4.69) is 23.6 Å². The van der Waals surface area contributed by atoms with E-state index in [1.54, 1.807) is 18.4 Å². The van der Waals surface area contributed by atoms with Gasteiger partial charge < -0.3 is 15.2 Å². The van der Waals surface area contributed by atoms with Crippen LogP contribution < -0.4 is 15.2 Å². The minimum absolute atomic E-state index is 0.359. The van der Waals surface area contributed by atoms with Gasteiger partial charge in [0.2, 0.25) is 0 Å². The average molecular weight is 291 g/mol. The van der Waals surface area contributed by atoms with Crippen molar-refractivity contribution >= 4 is 11.3 Å². The molecular weight excluding hydrogens is 270 g/mol. The van der Waals surface area contributed by atoms with E-state index in [1.807, 2.05) is 19.1 Å². The van der Waals surface area contributed by atoms with E-state index < -0.39 is 0 Å². The standard InChI is InChI=1S/C16H21NO2S/c1-3-19-14-7-6-12(10-15(14)18-2)9-13(11-17)16-5-4-8-20-16/h4-8,10,13H,3,9,11,17H2,1-2H3. The van der Waals surface area contributed by atoms with Crippen molar-refractivity contribution in [2.75, 3.05) is 20.3 Å². The quantitative estimate of drug-likeness (QED) is 0.850. The molecule has 0 aliphatic rings. The van der Waals surface area contributed by atoms with Crippen molar-refractivity contribution < 1.29 is 9.47 Å². The summed E-state index contributed by atoms with van der Waals surface area (Å²) in [4.78, 5) is 1.33. The molecule has 0 radical (unpaired) electrons. The number of methoxy groups -OCH3 is 1. The molecule has 0 amide bonds. The molecule has 2 rings (SSSR count). The van der Waals surface area contributed by atoms with E-state index in [0.29, 0.717) is 19.1 Å². The lowest BCUT2D eigenvalue weighted by molar-refractivity contribution is 0.310. The number of nitrogens with two attached hydrogens (primary N) is 1. The van der Waals surface area contributed by atoms with Crippen molar-refractivity contribution in [3.8, 4) is 11.5 Å². The topological polar surface area (TPSA) is 44.5 Å². The molecule has 1 atom stereocenters. The maximum atomic E-state index is 5.91. The Kier molecular flexibility index (Phi) is 5.44. The highest BCUT2D eigenvalue weighted by Gasteiger charge is 2.13. The van der Waals surface area contributed by atoms with Gasteiger partial charge in [-0.1, -0.05) is 12.1 Å². The van der Waals surface area contributed by atoms with E-state index in [4.69, 9.17) is 15.2 Å². The zero-order chi connectivity index (χ0) is 14.4. The Morgan fingerprint density at radius 3 is 2.70 bits per heavy atom. The van der Waals surface area contributed by atoms with Crippen LogP contribution in [0.25, 0.3) is 0 Å². The van der Waals surface area contributed by atoms with Crippen LogP contribution >= 0.6 is 11.3 Å². The smallest absolute Gasteiger partial charge is 0.161 e. The predicted octanol–water partition coefficient (Wildman–Crippen LogP) is 3.44. The molecular formula is C16H21NO2S. The molecule has 0 fully saturated rings. The Bertz CT molecular complexity index is 525. The minimum Gasteiger partial charge on any atom is -0.493 e. The summed E-state index contributed by atoms with van der Waals surface area (Å²) in [6, 6.07) is 10.3. The van der Waals surface area contributed by atoms with Gasteiger partial charge in [-0.15, -0.1) is 11.3 Å². The first-order valence-corrected chi connectivity index (χ1v) is 7.69. The summed E-state index contributed by atoms with van der Waals surface area (Å²) in [5, 5.41) is 2.09. The summed E-state index contributed by atoms with van der Waals surface area (Å²) >= 11 is 1.76. The molecule has 1 unspecified atom stereocenters. The molecule has 0 saturated carbocycles. The van der Waals surface area contributed by atoms with E-state index in [0.717, 1.165) is 17.9 Å². The molecule has 0 aliphatic heterocycles. The molecule has 4 heteroatoms. The molecule has 108 valence electrons. The number of rotatable bonds is 7. The van der Waals surface area contributed by atoms with Gasteiger partial charge in [-0.3, -0.25) is 0 Å². The Morgan fingerprint density at radius 2 is 2.10 bits per heavy atom. The third-order valence-corrected chi connectivity index (χ3v) is 4.27. The molecule has 0 saturated heterocycles. The van der Waals surface area contributed by atoms with Crippen LogP contribution in [0.15, 0.2) is 35.7 Å². The Balaban J connectivity index is 2.16. The zero-order valence-electron chi connectivity index (χ0n) is 12.0. The summed E-state index contributed by atoms with van der Waals surface area (Å²) in [5.41, 5.74) is 7.13. The van der Waals surface area contributed by atoms with Crippen LogP contribution in [-0.2, 0) is 6.42 Å². The van der Waals surface area contributed by atoms with E-state index >= 15 is 0 Å². The largest absolute Gasteiger partial charge is 0.493 e. The number of benzene rings is 1. The second kappa shape index (κ2) is 7.31. The maximum absolute atomic E-state index is 5.91. The van der Waals surface area contributed by atoms with Crippen LogP contribution in [0.1, 0.15) is 23.3 Å². The third-order valence-electron chi connectivity index (χ3n) is 3.24. The monoisotopic (exact) mass is 291 g/mol. The van der Waals surface area contributed by atoms with Crippen LogP contribution in [-0.4, -0.2) is 20.3 Å². The molecule has 3 nitrogen and oxygen atoms in total. The first-order chi connectivity index (χ1) is 9.78. The van der Waals surface area contributed by atoms with Crippen molar-refractivity contribution in [3.63, 3.8) is 0 Å². The van der Waals surface area contributed by atoms with Gasteiger partial charge in [0.05, 0.1) is 13.7 Å². The highest BCUT2D eigenvalue weighted by atomic mass is 32.1. The van der Waals surface area contributed by atoms with Crippen molar-refractivity contribution in [1.82, 2.24) is 0 Å². The van der Waals surface area contributed by atoms with E-state index in [9.17, 15) is 0 Å². The average Bonchev–Trinajstić information content (AvgIpc) is 3.00. The SMILES string of the molecule is CCOc1ccc(CC(CN)c2cccs2)cc1OC. The van der Waals surface area contributed by atoms with Crippen molar-refractivity contribution in [2.24, 2.45) is 5.73 Å². The maximum Gasteiger partial charge on any atom is 0.161 e. The minimum atomic E-state index is 0.359. The van der Waals surface area contributed by atoms with E-state index in [-0.39, 0.29) is 0 Å². The first-order valence-electron chi connectivity index (χ1n) is 6.81. The summed E-state index contributed by atoms with van der Waals surface area (Å²) in [6.45, 7) is 3.25. The molecule has 1 aromatic carbocycles. The van der Waals surface area contributed by atoms with Gasteiger partial charge >= 0.3 is 0 Å². The van der Waals surface area contributed by atoms with Gasteiger partial charge in [-0.2, -0.15) is 0 Å². The van der Waals surface area contributed by atoms with Gasteiger partial charge in [0, 0.05) is 17.3 Å². The normalized spacial score (nSPS) is 12.2. The van der Waals surface area contributed by atoms with Crippen molar-refractivity contribution in [2.45, 2.75) is 19.3 Å². The van der Waals surface area contributed by atoms with E-state index in [1.165, 1.54) is 10.4 Å². The van der Waals surface area contributed by atoms with Crippen molar-refractivity contribution in [3.05, 3.63) is 46.2 Å². The third kappa shape index (κ3) is 3.52. The number of ether oxygens (including phenoxy) is 2. The highest BCUT2D eigenvalue weighted by Crippen LogP contribution is 2.31. The summed E-state index contributed by atoms with van der Waals surface area (Å²) in [7, 11) is 1.67. The van der Waals surface area contributed by atoms with Gasteiger partial charge in [0.1, 0.15) is 0 Å².